The highest BCUT2D eigenvalue weighted by Crippen LogP contribution is 2.12. The monoisotopic (exact) mass is 210 g/mol. The van der Waals surface area contributed by atoms with Crippen molar-refractivity contribution in [3.63, 3.8) is 0 Å². The molecule has 82 valence electrons. The first kappa shape index (κ1) is 11.5. The van der Waals surface area contributed by atoms with Crippen molar-refractivity contribution >= 4 is 11.8 Å². The van der Waals surface area contributed by atoms with Crippen LogP contribution in [0.15, 0.2) is 16.5 Å². The summed E-state index contributed by atoms with van der Waals surface area (Å²) in [5.74, 6) is -0.396. The van der Waals surface area contributed by atoms with Crippen molar-refractivity contribution in [3.05, 3.63) is 23.7 Å². The van der Waals surface area contributed by atoms with E-state index in [9.17, 15) is 9.59 Å². The topological polar surface area (TPSA) is 56.5 Å². The highest BCUT2D eigenvalue weighted by molar-refractivity contribution is 5.95. The van der Waals surface area contributed by atoms with Crippen LogP contribution in [-0.4, -0.2) is 17.9 Å². The van der Waals surface area contributed by atoms with Crippen molar-refractivity contribution in [2.24, 2.45) is 0 Å². The highest BCUT2D eigenvalue weighted by Gasteiger charge is 2.16. The second-order valence-corrected chi connectivity index (χ2v) is 3.39. The van der Waals surface area contributed by atoms with E-state index in [2.05, 4.69) is 0 Å². The molecular formula is C11H14O4. The Morgan fingerprint density at radius 2 is 1.93 bits per heavy atom. The van der Waals surface area contributed by atoms with E-state index in [1.54, 1.807) is 20.8 Å². The molecule has 0 saturated heterocycles. The lowest BCUT2D eigenvalue weighted by atomic mass is 10.2. The van der Waals surface area contributed by atoms with E-state index in [1.165, 1.54) is 12.1 Å². The van der Waals surface area contributed by atoms with Gasteiger partial charge in [-0.2, -0.15) is 0 Å². The van der Waals surface area contributed by atoms with Crippen LogP contribution in [0.4, 0.5) is 0 Å². The van der Waals surface area contributed by atoms with Crippen LogP contribution in [0.25, 0.3) is 0 Å². The van der Waals surface area contributed by atoms with E-state index in [-0.39, 0.29) is 23.4 Å². The summed E-state index contributed by atoms with van der Waals surface area (Å²) in [5, 5.41) is 0. The summed E-state index contributed by atoms with van der Waals surface area (Å²) < 4.78 is 9.99. The van der Waals surface area contributed by atoms with Crippen LogP contribution >= 0.6 is 0 Å². The normalized spacial score (nSPS) is 10.4. The molecule has 0 aliphatic heterocycles. The molecule has 15 heavy (non-hydrogen) atoms. The standard InChI is InChI=1S/C11H14O4/c1-4-8(12)9-5-6-10(15-9)11(13)14-7(2)3/h5-7H,4H2,1-3H3. The van der Waals surface area contributed by atoms with Gasteiger partial charge in [0.1, 0.15) is 0 Å². The Kier molecular flexibility index (Phi) is 3.66. The maximum Gasteiger partial charge on any atom is 0.374 e. The molecule has 0 amide bonds. The van der Waals surface area contributed by atoms with Gasteiger partial charge in [-0.15, -0.1) is 0 Å². The molecule has 0 aliphatic carbocycles. The van der Waals surface area contributed by atoms with Gasteiger partial charge in [0.05, 0.1) is 6.10 Å². The average molecular weight is 210 g/mol. The van der Waals surface area contributed by atoms with Crippen LogP contribution in [0.5, 0.6) is 0 Å². The number of esters is 1. The molecule has 4 nitrogen and oxygen atoms in total. The van der Waals surface area contributed by atoms with Gasteiger partial charge >= 0.3 is 5.97 Å². The number of hydrogen-bond donors (Lipinski definition) is 0. The summed E-state index contributed by atoms with van der Waals surface area (Å²) in [7, 11) is 0. The van der Waals surface area contributed by atoms with Crippen LogP contribution in [-0.2, 0) is 4.74 Å². The molecule has 0 atom stereocenters. The Labute approximate surface area is 88.2 Å². The van der Waals surface area contributed by atoms with Gasteiger partial charge in [-0.1, -0.05) is 6.92 Å². The minimum Gasteiger partial charge on any atom is -0.457 e. The van der Waals surface area contributed by atoms with Crippen molar-refractivity contribution in [2.75, 3.05) is 0 Å². The average Bonchev–Trinajstić information content (AvgIpc) is 2.64. The second kappa shape index (κ2) is 4.77. The molecular weight excluding hydrogens is 196 g/mol. The lowest BCUT2D eigenvalue weighted by Gasteiger charge is -2.04. The molecule has 0 bridgehead atoms. The summed E-state index contributed by atoms with van der Waals surface area (Å²) in [6.07, 6.45) is 0.152. The molecule has 0 saturated carbocycles. The summed E-state index contributed by atoms with van der Waals surface area (Å²) in [6, 6.07) is 2.94. The fraction of sp³-hybridized carbons (Fsp3) is 0.455. The van der Waals surface area contributed by atoms with Gasteiger partial charge < -0.3 is 9.15 Å². The van der Waals surface area contributed by atoms with Crippen LogP contribution < -0.4 is 0 Å². The minimum atomic E-state index is -0.542. The van der Waals surface area contributed by atoms with Crippen LogP contribution in [0.1, 0.15) is 48.3 Å². The Hall–Kier alpha value is -1.58. The third kappa shape index (κ3) is 2.94. The molecule has 0 fully saturated rings. The van der Waals surface area contributed by atoms with Gasteiger partial charge in [-0.3, -0.25) is 4.79 Å². The van der Waals surface area contributed by atoms with Crippen LogP contribution in [0.2, 0.25) is 0 Å². The van der Waals surface area contributed by atoms with Crippen molar-refractivity contribution in [2.45, 2.75) is 33.3 Å². The third-order valence-electron chi connectivity index (χ3n) is 1.75. The zero-order chi connectivity index (χ0) is 11.4. The number of rotatable bonds is 4. The number of Topliss-reactive ketones (excluding diaryl/α,β-unsaturated/α-hetero) is 1. The summed E-state index contributed by atoms with van der Waals surface area (Å²) in [4.78, 5) is 22.6. The molecule has 0 N–H and O–H groups in total. The minimum absolute atomic E-state index is 0.0699. The molecule has 1 rings (SSSR count). The van der Waals surface area contributed by atoms with Crippen molar-refractivity contribution < 1.29 is 18.7 Å². The lowest BCUT2D eigenvalue weighted by Crippen LogP contribution is -2.10. The number of ketones is 1. The van der Waals surface area contributed by atoms with Gasteiger partial charge in [0.2, 0.25) is 5.76 Å². The van der Waals surface area contributed by atoms with E-state index in [0.717, 1.165) is 0 Å². The number of furan rings is 1. The molecule has 0 spiro atoms. The van der Waals surface area contributed by atoms with Gasteiger partial charge in [0.25, 0.3) is 0 Å². The summed E-state index contributed by atoms with van der Waals surface area (Å²) >= 11 is 0. The van der Waals surface area contributed by atoms with Crippen LogP contribution in [0.3, 0.4) is 0 Å². The third-order valence-corrected chi connectivity index (χ3v) is 1.75. The first-order valence-electron chi connectivity index (χ1n) is 4.88. The Morgan fingerprint density at radius 1 is 1.33 bits per heavy atom. The fourth-order valence-corrected chi connectivity index (χ4v) is 1.04. The largest absolute Gasteiger partial charge is 0.457 e. The maximum atomic E-state index is 11.4. The molecule has 1 aromatic rings. The Bertz CT molecular complexity index is 362. The van der Waals surface area contributed by atoms with Gasteiger partial charge in [0.15, 0.2) is 11.5 Å². The summed E-state index contributed by atoms with van der Waals surface area (Å²) in [6.45, 7) is 5.23. The zero-order valence-corrected chi connectivity index (χ0v) is 9.07. The lowest BCUT2D eigenvalue weighted by molar-refractivity contribution is 0.0340. The van der Waals surface area contributed by atoms with Gasteiger partial charge in [-0.05, 0) is 26.0 Å². The fourth-order valence-electron chi connectivity index (χ4n) is 1.04. The zero-order valence-electron chi connectivity index (χ0n) is 9.07. The predicted octanol–water partition coefficient (Wildman–Crippen LogP) is 2.44. The smallest absolute Gasteiger partial charge is 0.374 e. The number of ether oxygens (including phenoxy) is 1. The van der Waals surface area contributed by atoms with E-state index in [0.29, 0.717) is 6.42 Å². The Balaban J connectivity index is 2.75. The Morgan fingerprint density at radius 3 is 2.47 bits per heavy atom. The van der Waals surface area contributed by atoms with Crippen molar-refractivity contribution in [3.8, 4) is 0 Å². The van der Waals surface area contributed by atoms with E-state index < -0.39 is 5.97 Å². The number of carbonyl (C=O) groups is 2. The number of hydrogen-bond acceptors (Lipinski definition) is 4. The van der Waals surface area contributed by atoms with E-state index in [1.807, 2.05) is 0 Å². The van der Waals surface area contributed by atoms with Gasteiger partial charge in [0, 0.05) is 6.42 Å². The molecule has 0 unspecified atom stereocenters. The SMILES string of the molecule is CCC(=O)c1ccc(C(=O)OC(C)C)o1. The second-order valence-electron chi connectivity index (χ2n) is 3.39. The molecule has 4 heteroatoms. The molecule has 1 heterocycles. The van der Waals surface area contributed by atoms with Gasteiger partial charge in [-0.25, -0.2) is 4.79 Å². The first-order valence-corrected chi connectivity index (χ1v) is 4.88. The van der Waals surface area contributed by atoms with Crippen LogP contribution in [0, 0.1) is 0 Å². The molecule has 1 aromatic heterocycles. The number of carbonyl (C=O) groups excluding carboxylic acids is 2. The molecule has 0 aromatic carbocycles. The predicted molar refractivity (Wildman–Crippen MR) is 53.9 cm³/mol. The first-order chi connectivity index (χ1) is 7.04. The quantitative estimate of drug-likeness (QED) is 0.565. The molecule has 0 radical (unpaired) electrons. The van der Waals surface area contributed by atoms with E-state index >= 15 is 0 Å². The highest BCUT2D eigenvalue weighted by atomic mass is 16.6. The van der Waals surface area contributed by atoms with E-state index in [4.69, 9.17) is 9.15 Å². The molecule has 0 aliphatic rings. The maximum absolute atomic E-state index is 11.4. The van der Waals surface area contributed by atoms with Crippen molar-refractivity contribution in [1.29, 1.82) is 0 Å². The summed E-state index contributed by atoms with van der Waals surface area (Å²) in [5.41, 5.74) is 0. The van der Waals surface area contributed by atoms with Crippen molar-refractivity contribution in [1.82, 2.24) is 0 Å².